The number of nitrogens with one attached hydrogen (secondary N) is 1. The van der Waals surface area contributed by atoms with Gasteiger partial charge in [-0.2, -0.15) is 0 Å². The topological polar surface area (TPSA) is 58.2 Å². The lowest BCUT2D eigenvalue weighted by Gasteiger charge is -2.35. The minimum absolute atomic E-state index is 0.0871. The zero-order valence-electron chi connectivity index (χ0n) is 12.8. The third-order valence-corrected chi connectivity index (χ3v) is 3.56. The highest BCUT2D eigenvalue weighted by molar-refractivity contribution is 5.06. The van der Waals surface area contributed by atoms with Crippen LogP contribution in [-0.2, 0) is 11.2 Å². The molecule has 1 saturated heterocycles. The summed E-state index contributed by atoms with van der Waals surface area (Å²) in [5.41, 5.74) is 0.764. The lowest BCUT2D eigenvalue weighted by Crippen LogP contribution is -2.43. The maximum Gasteiger partial charge on any atom is 0.251 e. The molecule has 0 bridgehead atoms. The number of hydrogen-bond donors (Lipinski definition) is 1. The third kappa shape index (κ3) is 3.90. The SMILES string of the molecule is CC(C)Cc1cc(=O)[nH]c(C2CN(C(C)C)CCO2)n1. The fourth-order valence-electron chi connectivity index (χ4n) is 2.51. The molecule has 5 heteroatoms. The van der Waals surface area contributed by atoms with Crippen LogP contribution in [0.25, 0.3) is 0 Å². The van der Waals surface area contributed by atoms with Crippen molar-refractivity contribution in [3.8, 4) is 0 Å². The first kappa shape index (κ1) is 15.2. The number of H-pyrrole nitrogens is 1. The number of rotatable bonds is 4. The molecule has 1 fully saturated rings. The van der Waals surface area contributed by atoms with Crippen molar-refractivity contribution in [2.24, 2.45) is 5.92 Å². The zero-order valence-corrected chi connectivity index (χ0v) is 12.8. The summed E-state index contributed by atoms with van der Waals surface area (Å²) in [5.74, 6) is 1.15. The molecule has 2 heterocycles. The van der Waals surface area contributed by atoms with Crippen molar-refractivity contribution in [1.82, 2.24) is 14.9 Å². The van der Waals surface area contributed by atoms with Crippen molar-refractivity contribution in [3.05, 3.63) is 27.9 Å². The van der Waals surface area contributed by atoms with Gasteiger partial charge in [0.1, 0.15) is 11.9 Å². The molecule has 1 aliphatic rings. The largest absolute Gasteiger partial charge is 0.368 e. The molecule has 1 N–H and O–H groups in total. The maximum atomic E-state index is 11.8. The van der Waals surface area contributed by atoms with Gasteiger partial charge in [0, 0.05) is 30.9 Å². The van der Waals surface area contributed by atoms with Crippen molar-refractivity contribution >= 4 is 0 Å². The summed E-state index contributed by atoms with van der Waals surface area (Å²) in [4.78, 5) is 21.6. The van der Waals surface area contributed by atoms with Gasteiger partial charge in [0.05, 0.1) is 6.61 Å². The molecule has 1 atom stereocenters. The van der Waals surface area contributed by atoms with Crippen LogP contribution in [0.1, 0.15) is 45.3 Å². The molecule has 1 aliphatic heterocycles. The van der Waals surface area contributed by atoms with Gasteiger partial charge in [-0.1, -0.05) is 13.8 Å². The summed E-state index contributed by atoms with van der Waals surface area (Å²) < 4.78 is 5.79. The molecule has 1 aromatic rings. The second-order valence-corrected chi connectivity index (χ2v) is 6.17. The Morgan fingerprint density at radius 2 is 2.20 bits per heavy atom. The minimum atomic E-state index is -0.133. The number of nitrogens with zero attached hydrogens (tertiary/aromatic N) is 2. The predicted molar refractivity (Wildman–Crippen MR) is 78.8 cm³/mol. The van der Waals surface area contributed by atoms with Crippen molar-refractivity contribution in [1.29, 1.82) is 0 Å². The molecule has 5 nitrogen and oxygen atoms in total. The third-order valence-electron chi connectivity index (χ3n) is 3.56. The van der Waals surface area contributed by atoms with Crippen molar-refractivity contribution in [2.75, 3.05) is 19.7 Å². The Morgan fingerprint density at radius 1 is 1.45 bits per heavy atom. The highest BCUT2D eigenvalue weighted by atomic mass is 16.5. The monoisotopic (exact) mass is 279 g/mol. The van der Waals surface area contributed by atoms with E-state index < -0.39 is 0 Å². The first-order valence-corrected chi connectivity index (χ1v) is 7.41. The molecular formula is C15H25N3O2. The van der Waals surface area contributed by atoms with Crippen LogP contribution in [0.2, 0.25) is 0 Å². The Balaban J connectivity index is 2.19. The normalized spacial score (nSPS) is 20.8. The Kier molecular flexibility index (Phi) is 4.94. The van der Waals surface area contributed by atoms with E-state index in [4.69, 9.17) is 4.74 Å². The van der Waals surface area contributed by atoms with Crippen LogP contribution in [0.15, 0.2) is 10.9 Å². The molecule has 2 rings (SSSR count). The van der Waals surface area contributed by atoms with Gasteiger partial charge in [-0.25, -0.2) is 4.98 Å². The van der Waals surface area contributed by atoms with E-state index in [1.165, 1.54) is 0 Å². The summed E-state index contributed by atoms with van der Waals surface area (Å²) in [6.07, 6.45) is 0.684. The molecule has 0 saturated carbocycles. The molecule has 0 aliphatic carbocycles. The van der Waals surface area contributed by atoms with E-state index in [1.54, 1.807) is 6.07 Å². The molecule has 1 aromatic heterocycles. The second kappa shape index (κ2) is 6.50. The molecule has 0 radical (unpaired) electrons. The van der Waals surface area contributed by atoms with Crippen LogP contribution in [0.4, 0.5) is 0 Å². The Bertz CT molecular complexity index is 496. The van der Waals surface area contributed by atoms with Gasteiger partial charge in [-0.15, -0.1) is 0 Å². The van der Waals surface area contributed by atoms with Crippen molar-refractivity contribution in [2.45, 2.75) is 46.3 Å². The van der Waals surface area contributed by atoms with E-state index in [-0.39, 0.29) is 11.7 Å². The van der Waals surface area contributed by atoms with Gasteiger partial charge < -0.3 is 9.72 Å². The number of ether oxygens (including phenoxy) is 1. The lowest BCUT2D eigenvalue weighted by molar-refractivity contribution is -0.0444. The fourth-order valence-corrected chi connectivity index (χ4v) is 2.51. The van der Waals surface area contributed by atoms with E-state index in [9.17, 15) is 4.79 Å². The lowest BCUT2D eigenvalue weighted by atomic mass is 10.1. The first-order valence-electron chi connectivity index (χ1n) is 7.41. The van der Waals surface area contributed by atoms with Gasteiger partial charge in [0.15, 0.2) is 0 Å². The van der Waals surface area contributed by atoms with Crippen LogP contribution in [0, 0.1) is 5.92 Å². The Hall–Kier alpha value is -1.20. The van der Waals surface area contributed by atoms with E-state index >= 15 is 0 Å². The molecule has 0 amide bonds. The van der Waals surface area contributed by atoms with E-state index in [2.05, 4.69) is 42.6 Å². The summed E-state index contributed by atoms with van der Waals surface area (Å²) >= 11 is 0. The highest BCUT2D eigenvalue weighted by Gasteiger charge is 2.25. The maximum absolute atomic E-state index is 11.8. The van der Waals surface area contributed by atoms with E-state index in [1.807, 2.05) is 0 Å². The summed E-state index contributed by atoms with van der Waals surface area (Å²) in [6, 6.07) is 2.07. The fraction of sp³-hybridized carbons (Fsp3) is 0.733. The molecular weight excluding hydrogens is 254 g/mol. The van der Waals surface area contributed by atoms with Gasteiger partial charge in [-0.05, 0) is 26.2 Å². The zero-order chi connectivity index (χ0) is 14.7. The standard InChI is InChI=1S/C15H25N3O2/c1-10(2)7-12-8-14(19)17-15(16-12)13-9-18(11(3)4)5-6-20-13/h8,10-11,13H,5-7,9H2,1-4H3,(H,16,17,19). The quantitative estimate of drug-likeness (QED) is 0.912. The van der Waals surface area contributed by atoms with E-state index in [0.717, 1.165) is 25.2 Å². The van der Waals surface area contributed by atoms with Crippen LogP contribution in [-0.4, -0.2) is 40.6 Å². The van der Waals surface area contributed by atoms with Crippen molar-refractivity contribution < 1.29 is 4.74 Å². The molecule has 0 aromatic carbocycles. The van der Waals surface area contributed by atoms with Crippen molar-refractivity contribution in [3.63, 3.8) is 0 Å². The van der Waals surface area contributed by atoms with Gasteiger partial charge in [0.2, 0.25) is 0 Å². The van der Waals surface area contributed by atoms with Crippen LogP contribution < -0.4 is 5.56 Å². The van der Waals surface area contributed by atoms with Crippen LogP contribution >= 0.6 is 0 Å². The Labute approximate surface area is 120 Å². The number of aromatic amines is 1. The number of morpholine rings is 1. The predicted octanol–water partition coefficient (Wildman–Crippen LogP) is 1.75. The van der Waals surface area contributed by atoms with Gasteiger partial charge >= 0.3 is 0 Å². The molecule has 0 spiro atoms. The molecule has 1 unspecified atom stereocenters. The first-order chi connectivity index (χ1) is 9.45. The van der Waals surface area contributed by atoms with Gasteiger partial charge in [0.25, 0.3) is 5.56 Å². The second-order valence-electron chi connectivity index (χ2n) is 6.17. The number of hydrogen-bond acceptors (Lipinski definition) is 4. The smallest absolute Gasteiger partial charge is 0.251 e. The minimum Gasteiger partial charge on any atom is -0.368 e. The molecule has 20 heavy (non-hydrogen) atoms. The van der Waals surface area contributed by atoms with Crippen LogP contribution in [0.5, 0.6) is 0 Å². The van der Waals surface area contributed by atoms with E-state index in [0.29, 0.717) is 24.4 Å². The summed E-state index contributed by atoms with van der Waals surface area (Å²) in [6.45, 7) is 11.0. The Morgan fingerprint density at radius 3 is 2.85 bits per heavy atom. The average molecular weight is 279 g/mol. The highest BCUT2D eigenvalue weighted by Crippen LogP contribution is 2.20. The summed E-state index contributed by atoms with van der Waals surface area (Å²) in [7, 11) is 0. The van der Waals surface area contributed by atoms with Crippen LogP contribution in [0.3, 0.4) is 0 Å². The van der Waals surface area contributed by atoms with Gasteiger partial charge in [-0.3, -0.25) is 9.69 Å². The summed E-state index contributed by atoms with van der Waals surface area (Å²) in [5, 5.41) is 0. The number of aromatic nitrogens is 2. The molecule has 112 valence electrons. The average Bonchev–Trinajstić information content (AvgIpc) is 2.37.